The molecule has 0 fully saturated rings. The number of rotatable bonds is 3. The van der Waals surface area contributed by atoms with Crippen LogP contribution in [-0.4, -0.2) is 22.3 Å². The van der Waals surface area contributed by atoms with E-state index in [0.717, 1.165) is 0 Å². The van der Waals surface area contributed by atoms with Crippen molar-refractivity contribution in [2.75, 3.05) is 5.73 Å². The van der Waals surface area contributed by atoms with E-state index in [4.69, 9.17) is 10.5 Å². The van der Waals surface area contributed by atoms with Gasteiger partial charge < -0.3 is 15.5 Å². The highest BCUT2D eigenvalue weighted by atomic mass is 16.6. The summed E-state index contributed by atoms with van der Waals surface area (Å²) >= 11 is 0. The second-order valence-corrected chi connectivity index (χ2v) is 6.11. The quantitative estimate of drug-likeness (QED) is 0.673. The lowest BCUT2D eigenvalue weighted by Crippen LogP contribution is -2.25. The van der Waals surface area contributed by atoms with Crippen LogP contribution in [0.5, 0.6) is 0 Å². The standard InChI is InChI=1S/C17H20N2O3/c1-10-12(16(21)22-17(2,3)4)13(15(18)19-10)14(20)11-8-6-5-7-9-11/h5-9,19H,18H2,1-4H3. The van der Waals surface area contributed by atoms with Gasteiger partial charge in [-0.25, -0.2) is 4.79 Å². The van der Waals surface area contributed by atoms with E-state index in [2.05, 4.69) is 4.98 Å². The molecule has 5 nitrogen and oxygen atoms in total. The van der Waals surface area contributed by atoms with Gasteiger partial charge in [-0.3, -0.25) is 4.79 Å². The molecule has 0 aliphatic carbocycles. The highest BCUT2D eigenvalue weighted by Gasteiger charge is 2.29. The molecular formula is C17H20N2O3. The number of hydrogen-bond acceptors (Lipinski definition) is 4. The van der Waals surface area contributed by atoms with Crippen LogP contribution >= 0.6 is 0 Å². The van der Waals surface area contributed by atoms with Crippen LogP contribution < -0.4 is 5.73 Å². The van der Waals surface area contributed by atoms with E-state index in [1.165, 1.54) is 0 Å². The molecule has 5 heteroatoms. The lowest BCUT2D eigenvalue weighted by atomic mass is 10.00. The SMILES string of the molecule is Cc1[nH]c(N)c(C(=O)c2ccccc2)c1C(=O)OC(C)(C)C. The van der Waals surface area contributed by atoms with Crippen molar-refractivity contribution in [3.8, 4) is 0 Å². The van der Waals surface area contributed by atoms with Gasteiger partial charge in [0, 0.05) is 11.3 Å². The molecule has 22 heavy (non-hydrogen) atoms. The Morgan fingerprint density at radius 3 is 2.23 bits per heavy atom. The van der Waals surface area contributed by atoms with E-state index >= 15 is 0 Å². The van der Waals surface area contributed by atoms with Crippen molar-refractivity contribution in [1.82, 2.24) is 4.98 Å². The maximum absolute atomic E-state index is 12.7. The molecule has 116 valence electrons. The molecule has 0 unspecified atom stereocenters. The molecule has 0 atom stereocenters. The number of nitrogen functional groups attached to an aromatic ring is 1. The second kappa shape index (κ2) is 5.67. The maximum atomic E-state index is 12.7. The number of aromatic amines is 1. The smallest absolute Gasteiger partial charge is 0.341 e. The Labute approximate surface area is 129 Å². The normalized spacial score (nSPS) is 11.3. The first kappa shape index (κ1) is 15.8. The number of nitrogens with two attached hydrogens (primary N) is 1. The highest BCUT2D eigenvalue weighted by Crippen LogP contribution is 2.26. The van der Waals surface area contributed by atoms with E-state index in [1.807, 2.05) is 6.07 Å². The third kappa shape index (κ3) is 3.19. The van der Waals surface area contributed by atoms with Gasteiger partial charge in [0.15, 0.2) is 5.78 Å². The van der Waals surface area contributed by atoms with Crippen molar-refractivity contribution in [2.45, 2.75) is 33.3 Å². The summed E-state index contributed by atoms with van der Waals surface area (Å²) in [4.78, 5) is 27.9. The average Bonchev–Trinajstić information content (AvgIpc) is 2.71. The number of nitrogens with one attached hydrogen (secondary N) is 1. The summed E-state index contributed by atoms with van der Waals surface area (Å²) in [6.07, 6.45) is 0. The number of anilines is 1. The Bertz CT molecular complexity index is 709. The number of ether oxygens (including phenoxy) is 1. The Hall–Kier alpha value is -2.56. The van der Waals surface area contributed by atoms with Crippen molar-refractivity contribution in [1.29, 1.82) is 0 Å². The number of hydrogen-bond donors (Lipinski definition) is 2. The van der Waals surface area contributed by atoms with Gasteiger partial charge in [-0.05, 0) is 27.7 Å². The van der Waals surface area contributed by atoms with Crippen LogP contribution in [-0.2, 0) is 4.74 Å². The van der Waals surface area contributed by atoms with E-state index < -0.39 is 11.6 Å². The molecule has 0 bridgehead atoms. The molecule has 3 N–H and O–H groups in total. The Morgan fingerprint density at radius 2 is 1.68 bits per heavy atom. The number of aromatic nitrogens is 1. The van der Waals surface area contributed by atoms with Gasteiger partial charge in [0.05, 0.1) is 11.1 Å². The predicted octanol–water partition coefficient (Wildman–Crippen LogP) is 3.09. The molecule has 2 aromatic rings. The molecule has 0 amide bonds. The lowest BCUT2D eigenvalue weighted by Gasteiger charge is -2.19. The first-order chi connectivity index (χ1) is 10.2. The summed E-state index contributed by atoms with van der Waals surface area (Å²) in [7, 11) is 0. The van der Waals surface area contributed by atoms with E-state index in [-0.39, 0.29) is 22.7 Å². The van der Waals surface area contributed by atoms with Crippen LogP contribution in [0.25, 0.3) is 0 Å². The first-order valence-electron chi connectivity index (χ1n) is 7.02. The predicted molar refractivity (Wildman–Crippen MR) is 85.0 cm³/mol. The minimum absolute atomic E-state index is 0.165. The summed E-state index contributed by atoms with van der Waals surface area (Å²) in [6.45, 7) is 7.01. The van der Waals surface area contributed by atoms with Crippen LogP contribution in [0.4, 0.5) is 5.82 Å². The van der Waals surface area contributed by atoms with E-state index in [9.17, 15) is 9.59 Å². The lowest BCUT2D eigenvalue weighted by molar-refractivity contribution is 0.00674. The van der Waals surface area contributed by atoms with Crippen LogP contribution in [0, 0.1) is 6.92 Å². The largest absolute Gasteiger partial charge is 0.456 e. The van der Waals surface area contributed by atoms with Crippen molar-refractivity contribution >= 4 is 17.6 Å². The van der Waals surface area contributed by atoms with Gasteiger partial charge in [0.2, 0.25) is 0 Å². The second-order valence-electron chi connectivity index (χ2n) is 6.11. The number of benzene rings is 1. The zero-order chi connectivity index (χ0) is 16.5. The zero-order valence-corrected chi connectivity index (χ0v) is 13.2. The van der Waals surface area contributed by atoms with Gasteiger partial charge in [-0.15, -0.1) is 0 Å². The fourth-order valence-electron chi connectivity index (χ4n) is 2.20. The number of carbonyl (C=O) groups excluding carboxylic acids is 2. The molecule has 0 aliphatic heterocycles. The van der Waals surface area contributed by atoms with Gasteiger partial charge in [0.25, 0.3) is 0 Å². The number of esters is 1. The van der Waals surface area contributed by atoms with Crippen LogP contribution in [0.3, 0.4) is 0 Å². The van der Waals surface area contributed by atoms with E-state index in [1.54, 1.807) is 52.0 Å². The summed E-state index contributed by atoms with van der Waals surface area (Å²) in [5.74, 6) is -0.687. The number of ketones is 1. The number of H-pyrrole nitrogens is 1. The zero-order valence-electron chi connectivity index (χ0n) is 13.2. The van der Waals surface area contributed by atoms with Gasteiger partial charge in [-0.2, -0.15) is 0 Å². The number of aryl methyl sites for hydroxylation is 1. The minimum atomic E-state index is -0.650. The van der Waals surface area contributed by atoms with Crippen LogP contribution in [0.1, 0.15) is 52.7 Å². The first-order valence-corrected chi connectivity index (χ1v) is 7.02. The van der Waals surface area contributed by atoms with Crippen molar-refractivity contribution in [3.63, 3.8) is 0 Å². The molecule has 0 aliphatic rings. The summed E-state index contributed by atoms with van der Waals surface area (Å²) < 4.78 is 5.38. The number of carbonyl (C=O) groups is 2. The Kier molecular flexibility index (Phi) is 4.08. The van der Waals surface area contributed by atoms with Crippen LogP contribution in [0.2, 0.25) is 0 Å². The molecule has 0 spiro atoms. The molecule has 0 saturated carbocycles. The van der Waals surface area contributed by atoms with Crippen LogP contribution in [0.15, 0.2) is 30.3 Å². The molecule has 1 heterocycles. The fourth-order valence-corrected chi connectivity index (χ4v) is 2.20. The van der Waals surface area contributed by atoms with Gasteiger partial charge >= 0.3 is 5.97 Å². The highest BCUT2D eigenvalue weighted by molar-refractivity contribution is 6.17. The van der Waals surface area contributed by atoms with Crippen molar-refractivity contribution < 1.29 is 14.3 Å². The molecule has 1 aromatic heterocycles. The third-order valence-corrected chi connectivity index (χ3v) is 3.08. The van der Waals surface area contributed by atoms with E-state index in [0.29, 0.717) is 11.3 Å². The monoisotopic (exact) mass is 300 g/mol. The third-order valence-electron chi connectivity index (χ3n) is 3.08. The molecular weight excluding hydrogens is 280 g/mol. The summed E-state index contributed by atoms with van der Waals surface area (Å²) in [5, 5.41) is 0. The molecule has 2 rings (SSSR count). The maximum Gasteiger partial charge on any atom is 0.341 e. The van der Waals surface area contributed by atoms with Gasteiger partial charge in [-0.1, -0.05) is 30.3 Å². The topological polar surface area (TPSA) is 85.2 Å². The fraction of sp³-hybridized carbons (Fsp3) is 0.294. The molecule has 0 saturated heterocycles. The minimum Gasteiger partial charge on any atom is -0.456 e. The molecule has 0 radical (unpaired) electrons. The molecule has 1 aromatic carbocycles. The Morgan fingerprint density at radius 1 is 1.09 bits per heavy atom. The Balaban J connectivity index is 2.49. The van der Waals surface area contributed by atoms with Crippen molar-refractivity contribution in [3.05, 3.63) is 52.7 Å². The van der Waals surface area contributed by atoms with Crippen molar-refractivity contribution in [2.24, 2.45) is 0 Å². The summed E-state index contributed by atoms with van der Waals surface area (Å²) in [6, 6.07) is 8.70. The average molecular weight is 300 g/mol. The summed E-state index contributed by atoms with van der Waals surface area (Å²) in [5.41, 5.74) is 6.60. The van der Waals surface area contributed by atoms with Gasteiger partial charge in [0.1, 0.15) is 11.4 Å².